The second kappa shape index (κ2) is 9.95. The fourth-order valence-electron chi connectivity index (χ4n) is 2.50. The Bertz CT molecular complexity index is 930. The molecule has 5 nitrogen and oxygen atoms in total. The number of rotatable bonds is 7. The molecule has 2 aromatic carbocycles. The van der Waals surface area contributed by atoms with Gasteiger partial charge >= 0.3 is 0 Å². The van der Waals surface area contributed by atoms with Crippen LogP contribution in [0.15, 0.2) is 46.4 Å². The molecule has 146 valence electrons. The normalized spacial score (nSPS) is 11.1. The molecule has 0 radical (unpaired) electrons. The maximum Gasteiger partial charge on any atom is 0.266 e. The minimum Gasteiger partial charge on any atom is -0.490 e. The van der Waals surface area contributed by atoms with E-state index in [2.05, 4.69) is 21.2 Å². The summed E-state index contributed by atoms with van der Waals surface area (Å²) < 4.78 is 12.2. The summed E-state index contributed by atoms with van der Waals surface area (Å²) in [6.07, 6.45) is 1.51. The van der Waals surface area contributed by atoms with Crippen molar-refractivity contribution in [1.29, 1.82) is 5.26 Å². The van der Waals surface area contributed by atoms with E-state index in [1.54, 1.807) is 18.2 Å². The van der Waals surface area contributed by atoms with E-state index in [1.807, 2.05) is 52.0 Å². The van der Waals surface area contributed by atoms with Crippen LogP contribution in [0.1, 0.15) is 31.9 Å². The fourth-order valence-corrected chi connectivity index (χ4v) is 3.06. The van der Waals surface area contributed by atoms with E-state index in [9.17, 15) is 10.1 Å². The average Bonchev–Trinajstić information content (AvgIpc) is 2.64. The lowest BCUT2D eigenvalue weighted by Gasteiger charge is -2.17. The summed E-state index contributed by atoms with van der Waals surface area (Å²) in [5.74, 6) is 0.679. The third kappa shape index (κ3) is 5.61. The Hall–Kier alpha value is -2.78. The Morgan fingerprint density at radius 3 is 2.64 bits per heavy atom. The summed E-state index contributed by atoms with van der Waals surface area (Å²) in [7, 11) is 0. The van der Waals surface area contributed by atoms with Gasteiger partial charge in [-0.15, -0.1) is 0 Å². The zero-order valence-corrected chi connectivity index (χ0v) is 18.0. The van der Waals surface area contributed by atoms with E-state index in [4.69, 9.17) is 9.47 Å². The SMILES string of the molecule is CCOc1cc(/C=C(\C#N)C(=O)Nc2ccccc2C)cc(Br)c1OC(C)C. The lowest BCUT2D eigenvalue weighted by molar-refractivity contribution is -0.112. The van der Waals surface area contributed by atoms with Gasteiger partial charge in [-0.3, -0.25) is 4.79 Å². The van der Waals surface area contributed by atoms with Gasteiger partial charge in [-0.1, -0.05) is 18.2 Å². The van der Waals surface area contributed by atoms with E-state index in [1.165, 1.54) is 6.08 Å². The van der Waals surface area contributed by atoms with Crippen molar-refractivity contribution in [2.45, 2.75) is 33.8 Å². The maximum atomic E-state index is 12.5. The molecule has 0 atom stereocenters. The number of nitriles is 1. The maximum absolute atomic E-state index is 12.5. The second-order valence-electron chi connectivity index (χ2n) is 6.37. The lowest BCUT2D eigenvalue weighted by Crippen LogP contribution is -2.14. The molecule has 0 fully saturated rings. The molecule has 1 amide bonds. The van der Waals surface area contributed by atoms with Crippen LogP contribution in [0.25, 0.3) is 6.08 Å². The Morgan fingerprint density at radius 2 is 2.04 bits per heavy atom. The van der Waals surface area contributed by atoms with Gasteiger partial charge < -0.3 is 14.8 Å². The minimum atomic E-state index is -0.464. The van der Waals surface area contributed by atoms with Crippen molar-refractivity contribution in [3.63, 3.8) is 0 Å². The van der Waals surface area contributed by atoms with Crippen molar-refractivity contribution in [1.82, 2.24) is 0 Å². The number of ether oxygens (including phenoxy) is 2. The predicted molar refractivity (Wildman–Crippen MR) is 114 cm³/mol. The van der Waals surface area contributed by atoms with Gasteiger partial charge in [-0.25, -0.2) is 0 Å². The molecule has 0 aliphatic heterocycles. The van der Waals surface area contributed by atoms with Crippen molar-refractivity contribution in [3.05, 3.63) is 57.6 Å². The zero-order chi connectivity index (χ0) is 20.7. The van der Waals surface area contributed by atoms with Gasteiger partial charge in [0.2, 0.25) is 0 Å². The summed E-state index contributed by atoms with van der Waals surface area (Å²) in [6, 6.07) is 12.9. The highest BCUT2D eigenvalue weighted by atomic mass is 79.9. The van der Waals surface area contributed by atoms with Gasteiger partial charge in [-0.2, -0.15) is 5.26 Å². The lowest BCUT2D eigenvalue weighted by atomic mass is 10.1. The molecule has 28 heavy (non-hydrogen) atoms. The van der Waals surface area contributed by atoms with Crippen LogP contribution < -0.4 is 14.8 Å². The number of benzene rings is 2. The van der Waals surface area contributed by atoms with E-state index in [-0.39, 0.29) is 11.7 Å². The second-order valence-corrected chi connectivity index (χ2v) is 7.22. The van der Waals surface area contributed by atoms with Gasteiger partial charge in [0.15, 0.2) is 11.5 Å². The molecule has 0 saturated carbocycles. The molecule has 0 heterocycles. The van der Waals surface area contributed by atoms with Gasteiger partial charge in [-0.05, 0) is 79.0 Å². The molecular weight excluding hydrogens is 420 g/mol. The van der Waals surface area contributed by atoms with Crippen molar-refractivity contribution < 1.29 is 14.3 Å². The topological polar surface area (TPSA) is 71.3 Å². The van der Waals surface area contributed by atoms with Crippen LogP contribution in [0.5, 0.6) is 11.5 Å². The predicted octanol–water partition coefficient (Wildman–Crippen LogP) is 5.49. The van der Waals surface area contributed by atoms with Crippen LogP contribution in [0.3, 0.4) is 0 Å². The first-order valence-corrected chi connectivity index (χ1v) is 9.76. The van der Waals surface area contributed by atoms with Crippen molar-refractivity contribution in [2.75, 3.05) is 11.9 Å². The first-order valence-electron chi connectivity index (χ1n) is 8.97. The molecule has 0 saturated heterocycles. The van der Waals surface area contributed by atoms with Crippen LogP contribution in [-0.2, 0) is 4.79 Å². The quantitative estimate of drug-likeness (QED) is 0.454. The van der Waals surface area contributed by atoms with Crippen molar-refractivity contribution in [3.8, 4) is 17.6 Å². The molecule has 0 bridgehead atoms. The smallest absolute Gasteiger partial charge is 0.266 e. The largest absolute Gasteiger partial charge is 0.490 e. The fraction of sp³-hybridized carbons (Fsp3) is 0.273. The number of anilines is 1. The Labute approximate surface area is 174 Å². The zero-order valence-electron chi connectivity index (χ0n) is 16.4. The summed E-state index contributed by atoms with van der Waals surface area (Å²) in [5, 5.41) is 12.2. The van der Waals surface area contributed by atoms with Gasteiger partial charge in [0.05, 0.1) is 17.2 Å². The Morgan fingerprint density at radius 1 is 1.32 bits per heavy atom. The van der Waals surface area contributed by atoms with E-state index in [0.717, 1.165) is 5.56 Å². The molecule has 0 aliphatic rings. The first-order chi connectivity index (χ1) is 13.3. The van der Waals surface area contributed by atoms with Crippen molar-refractivity contribution in [2.24, 2.45) is 0 Å². The molecular formula is C22H23BrN2O3. The molecule has 0 unspecified atom stereocenters. The third-order valence-electron chi connectivity index (χ3n) is 3.75. The molecule has 0 aliphatic carbocycles. The number of hydrogen-bond donors (Lipinski definition) is 1. The number of amides is 1. The van der Waals surface area contributed by atoms with E-state index < -0.39 is 5.91 Å². The molecule has 1 N–H and O–H groups in total. The van der Waals surface area contributed by atoms with E-state index >= 15 is 0 Å². The summed E-state index contributed by atoms with van der Waals surface area (Å²) in [4.78, 5) is 12.5. The standard InChI is InChI=1S/C22H23BrN2O3/c1-5-27-20-12-16(11-18(23)21(20)28-14(2)3)10-17(13-24)22(26)25-19-9-7-6-8-15(19)4/h6-12,14H,5H2,1-4H3,(H,25,26)/b17-10+. The van der Waals surface area contributed by atoms with Gasteiger partial charge in [0.1, 0.15) is 11.6 Å². The number of hydrogen-bond acceptors (Lipinski definition) is 4. The number of halogens is 1. The number of nitrogens with one attached hydrogen (secondary N) is 1. The molecule has 6 heteroatoms. The monoisotopic (exact) mass is 442 g/mol. The third-order valence-corrected chi connectivity index (χ3v) is 4.34. The van der Waals surface area contributed by atoms with Crippen LogP contribution in [0, 0.1) is 18.3 Å². The highest BCUT2D eigenvalue weighted by Gasteiger charge is 2.15. The summed E-state index contributed by atoms with van der Waals surface area (Å²) in [6.45, 7) is 8.10. The van der Waals surface area contributed by atoms with Crippen LogP contribution in [0.2, 0.25) is 0 Å². The highest BCUT2D eigenvalue weighted by molar-refractivity contribution is 9.10. The van der Waals surface area contributed by atoms with Gasteiger partial charge in [0, 0.05) is 5.69 Å². The van der Waals surface area contributed by atoms with Crippen LogP contribution >= 0.6 is 15.9 Å². The Balaban J connectivity index is 2.36. The average molecular weight is 443 g/mol. The molecule has 0 spiro atoms. The first kappa shape index (κ1) is 21.5. The number of aryl methyl sites for hydroxylation is 1. The van der Waals surface area contributed by atoms with Crippen molar-refractivity contribution >= 4 is 33.6 Å². The number of para-hydroxylation sites is 1. The van der Waals surface area contributed by atoms with Crippen LogP contribution in [-0.4, -0.2) is 18.6 Å². The Kier molecular flexibility index (Phi) is 7.65. The number of carbonyl (C=O) groups excluding carboxylic acids is 1. The van der Waals surface area contributed by atoms with Gasteiger partial charge in [0.25, 0.3) is 5.91 Å². The summed E-state index contributed by atoms with van der Waals surface area (Å²) >= 11 is 3.49. The van der Waals surface area contributed by atoms with E-state index in [0.29, 0.717) is 33.8 Å². The minimum absolute atomic E-state index is 0.00451. The molecule has 2 rings (SSSR count). The highest BCUT2D eigenvalue weighted by Crippen LogP contribution is 2.38. The number of carbonyl (C=O) groups is 1. The summed E-state index contributed by atoms with van der Waals surface area (Å²) in [5.41, 5.74) is 2.24. The number of nitrogens with zero attached hydrogens (tertiary/aromatic N) is 1. The van der Waals surface area contributed by atoms with Crippen LogP contribution in [0.4, 0.5) is 5.69 Å². The molecule has 0 aromatic heterocycles. The molecule has 2 aromatic rings.